The van der Waals surface area contributed by atoms with Crippen LogP contribution in [0.25, 0.3) is 0 Å². The fourth-order valence-corrected chi connectivity index (χ4v) is 2.72. The maximum Gasteiger partial charge on any atom is 0.497 e. The second-order valence-corrected chi connectivity index (χ2v) is 7.53. The molecule has 0 atom stereocenters. The van der Waals surface area contributed by atoms with E-state index in [0.717, 1.165) is 0 Å². The molecule has 0 unspecified atom stereocenters. The van der Waals surface area contributed by atoms with Crippen LogP contribution in [0, 0.1) is 0 Å². The van der Waals surface area contributed by atoms with Gasteiger partial charge in [0.15, 0.2) is 5.03 Å². The van der Waals surface area contributed by atoms with Crippen molar-refractivity contribution in [3.05, 3.63) is 17.3 Å². The minimum atomic E-state index is -4.02. The summed E-state index contributed by atoms with van der Waals surface area (Å²) in [5.41, 5.74) is -0.935. The van der Waals surface area contributed by atoms with Gasteiger partial charge in [0.1, 0.15) is 5.15 Å². The van der Waals surface area contributed by atoms with E-state index in [1.54, 1.807) is 0 Å². The highest BCUT2D eigenvalue weighted by atomic mass is 35.5. The fourth-order valence-electron chi connectivity index (χ4n) is 1.81. The zero-order valence-electron chi connectivity index (χ0n) is 11.7. The van der Waals surface area contributed by atoms with Crippen LogP contribution in [0.4, 0.5) is 0 Å². The Bertz CT molecular complexity index is 632. The molecule has 110 valence electrons. The van der Waals surface area contributed by atoms with Gasteiger partial charge < -0.3 is 9.31 Å². The van der Waals surface area contributed by atoms with Crippen LogP contribution in [-0.4, -0.2) is 31.7 Å². The molecule has 1 fully saturated rings. The van der Waals surface area contributed by atoms with Crippen molar-refractivity contribution in [3.63, 3.8) is 0 Å². The maximum atomic E-state index is 11.6. The molecule has 1 aliphatic heterocycles. The van der Waals surface area contributed by atoms with Crippen LogP contribution < -0.4 is 10.6 Å². The third-order valence-electron chi connectivity index (χ3n) is 3.63. The van der Waals surface area contributed by atoms with Crippen LogP contribution in [0.1, 0.15) is 27.7 Å². The highest BCUT2D eigenvalue weighted by Gasteiger charge is 2.53. The number of sulfonamides is 1. The second-order valence-electron chi connectivity index (χ2n) is 5.66. The molecule has 0 amide bonds. The molecular formula is C11H16BClN2O4S. The number of nitrogens with zero attached hydrogens (tertiary/aromatic N) is 1. The minimum absolute atomic E-state index is 0.0364. The Morgan fingerprint density at radius 1 is 1.20 bits per heavy atom. The molecule has 0 bridgehead atoms. The molecule has 1 aromatic heterocycles. The van der Waals surface area contributed by atoms with E-state index in [1.807, 2.05) is 27.7 Å². The van der Waals surface area contributed by atoms with Crippen molar-refractivity contribution in [1.82, 2.24) is 4.98 Å². The standard InChI is InChI=1S/C11H16BClN2O4S/c1-10(2)11(3,4)19-12(18-10)7-5-6-8(13)15-9(7)20(14,16)17/h5-6H,1-4H3,(H2,14,16,17). The van der Waals surface area contributed by atoms with Gasteiger partial charge in [-0.15, -0.1) is 0 Å². The smallest absolute Gasteiger partial charge is 0.399 e. The Morgan fingerprint density at radius 2 is 1.70 bits per heavy atom. The summed E-state index contributed by atoms with van der Waals surface area (Å²) in [5.74, 6) is 0. The number of halogens is 1. The van der Waals surface area contributed by atoms with Gasteiger partial charge in [-0.2, -0.15) is 0 Å². The Balaban J connectivity index is 2.51. The average molecular weight is 319 g/mol. The number of hydrogen-bond donors (Lipinski definition) is 1. The first kappa shape index (κ1) is 15.7. The highest BCUT2D eigenvalue weighted by molar-refractivity contribution is 7.89. The normalized spacial score (nSPS) is 21.2. The molecule has 6 nitrogen and oxygen atoms in total. The predicted molar refractivity (Wildman–Crippen MR) is 76.3 cm³/mol. The number of rotatable bonds is 2. The predicted octanol–water partition coefficient (Wildman–Crippen LogP) is 0.682. The van der Waals surface area contributed by atoms with E-state index in [-0.39, 0.29) is 15.6 Å². The first-order valence-corrected chi connectivity index (χ1v) is 7.91. The first-order chi connectivity index (χ1) is 8.94. The van der Waals surface area contributed by atoms with Gasteiger partial charge in [-0.05, 0) is 33.8 Å². The van der Waals surface area contributed by atoms with Crippen LogP contribution in [0.2, 0.25) is 5.15 Å². The van der Waals surface area contributed by atoms with Crippen molar-refractivity contribution in [2.75, 3.05) is 0 Å². The number of primary sulfonamides is 1. The van der Waals surface area contributed by atoms with Crippen LogP contribution >= 0.6 is 11.6 Å². The van der Waals surface area contributed by atoms with E-state index in [9.17, 15) is 8.42 Å². The zero-order valence-corrected chi connectivity index (χ0v) is 13.2. The Morgan fingerprint density at radius 3 is 2.15 bits per heavy atom. The quantitative estimate of drug-likeness (QED) is 0.639. The fraction of sp³-hybridized carbons (Fsp3) is 0.545. The molecule has 1 aromatic rings. The SMILES string of the molecule is CC1(C)OB(c2ccc(Cl)nc2S(N)(=O)=O)OC1(C)C. The average Bonchev–Trinajstić information content (AvgIpc) is 2.46. The summed E-state index contributed by atoms with van der Waals surface area (Å²) in [6.45, 7) is 7.47. The van der Waals surface area contributed by atoms with Crippen molar-refractivity contribution in [2.24, 2.45) is 5.14 Å². The molecule has 2 heterocycles. The van der Waals surface area contributed by atoms with Crippen LogP contribution in [0.5, 0.6) is 0 Å². The van der Waals surface area contributed by atoms with E-state index >= 15 is 0 Å². The summed E-state index contributed by atoms with van der Waals surface area (Å²) in [6, 6.07) is 2.97. The lowest BCUT2D eigenvalue weighted by molar-refractivity contribution is 0.00578. The van der Waals surface area contributed by atoms with E-state index in [1.165, 1.54) is 12.1 Å². The maximum absolute atomic E-state index is 11.6. The van der Waals surface area contributed by atoms with Crippen LogP contribution in [-0.2, 0) is 19.3 Å². The van der Waals surface area contributed by atoms with Crippen LogP contribution in [0.3, 0.4) is 0 Å². The lowest BCUT2D eigenvalue weighted by Crippen LogP contribution is -2.41. The van der Waals surface area contributed by atoms with Crippen LogP contribution in [0.15, 0.2) is 17.2 Å². The van der Waals surface area contributed by atoms with E-state index in [4.69, 9.17) is 26.0 Å². The topological polar surface area (TPSA) is 91.5 Å². The van der Waals surface area contributed by atoms with Gasteiger partial charge in [-0.3, -0.25) is 0 Å². The molecule has 1 aliphatic rings. The molecule has 0 aromatic carbocycles. The molecule has 20 heavy (non-hydrogen) atoms. The van der Waals surface area contributed by atoms with E-state index in [0.29, 0.717) is 0 Å². The second kappa shape index (κ2) is 4.67. The van der Waals surface area contributed by atoms with Gasteiger partial charge in [-0.1, -0.05) is 17.7 Å². The summed E-state index contributed by atoms with van der Waals surface area (Å²) in [5, 5.41) is 4.88. The molecule has 2 N–H and O–H groups in total. The lowest BCUT2D eigenvalue weighted by Gasteiger charge is -2.32. The molecule has 2 rings (SSSR count). The summed E-state index contributed by atoms with van der Waals surface area (Å²) < 4.78 is 34.9. The van der Waals surface area contributed by atoms with Crippen molar-refractivity contribution < 1.29 is 17.7 Å². The summed E-state index contributed by atoms with van der Waals surface area (Å²) >= 11 is 5.73. The molecule has 1 saturated heterocycles. The summed E-state index contributed by atoms with van der Waals surface area (Å²) in [6.07, 6.45) is 0. The third kappa shape index (κ3) is 2.71. The van der Waals surface area contributed by atoms with Gasteiger partial charge in [0.25, 0.3) is 10.0 Å². The monoisotopic (exact) mass is 318 g/mol. The largest absolute Gasteiger partial charge is 0.497 e. The molecule has 0 radical (unpaired) electrons. The Kier molecular flexibility index (Phi) is 3.67. The van der Waals surface area contributed by atoms with Crippen molar-refractivity contribution >= 4 is 34.2 Å². The molecule has 0 aliphatic carbocycles. The number of pyridine rings is 1. The summed E-state index contributed by atoms with van der Waals surface area (Å²) in [7, 11) is -4.89. The number of hydrogen-bond acceptors (Lipinski definition) is 5. The van der Waals surface area contributed by atoms with Gasteiger partial charge >= 0.3 is 7.12 Å². The lowest BCUT2D eigenvalue weighted by atomic mass is 9.80. The first-order valence-electron chi connectivity index (χ1n) is 5.99. The zero-order chi connectivity index (χ0) is 15.3. The Labute approximate surface area is 123 Å². The number of nitrogens with two attached hydrogens (primary N) is 1. The number of aromatic nitrogens is 1. The molecule has 0 saturated carbocycles. The van der Waals surface area contributed by atoms with Crippen molar-refractivity contribution in [3.8, 4) is 0 Å². The van der Waals surface area contributed by atoms with E-state index < -0.39 is 28.3 Å². The van der Waals surface area contributed by atoms with Gasteiger partial charge in [0.05, 0.1) is 11.2 Å². The molecular weight excluding hydrogens is 302 g/mol. The summed E-state index contributed by atoms with van der Waals surface area (Å²) in [4.78, 5) is 3.78. The highest BCUT2D eigenvalue weighted by Crippen LogP contribution is 2.36. The van der Waals surface area contributed by atoms with Gasteiger partial charge in [0.2, 0.25) is 0 Å². The molecule has 9 heteroatoms. The van der Waals surface area contributed by atoms with Gasteiger partial charge in [0, 0.05) is 5.46 Å². The molecule has 0 spiro atoms. The van der Waals surface area contributed by atoms with E-state index in [2.05, 4.69) is 4.98 Å². The Hall–Kier alpha value is -0.665. The van der Waals surface area contributed by atoms with Crippen molar-refractivity contribution in [2.45, 2.75) is 43.9 Å². The third-order valence-corrected chi connectivity index (χ3v) is 4.71. The van der Waals surface area contributed by atoms with Gasteiger partial charge in [-0.25, -0.2) is 18.5 Å². The van der Waals surface area contributed by atoms with Crippen molar-refractivity contribution in [1.29, 1.82) is 0 Å². The minimum Gasteiger partial charge on any atom is -0.399 e.